The van der Waals surface area contributed by atoms with E-state index in [9.17, 15) is 9.59 Å². The van der Waals surface area contributed by atoms with Gasteiger partial charge in [-0.3, -0.25) is 9.59 Å². The summed E-state index contributed by atoms with van der Waals surface area (Å²) >= 11 is 0. The van der Waals surface area contributed by atoms with Crippen LogP contribution in [-0.2, 0) is 54.3 Å². The molecule has 0 saturated carbocycles. The third kappa shape index (κ3) is 5.65. The second-order valence-corrected chi connectivity index (χ2v) is 2.90. The Morgan fingerprint density at radius 1 is 1.06 bits per heavy atom. The van der Waals surface area contributed by atoms with Crippen LogP contribution in [0.4, 0.5) is 0 Å². The van der Waals surface area contributed by atoms with E-state index in [1.807, 2.05) is 0 Å². The second-order valence-electron chi connectivity index (χ2n) is 2.90. The Hall–Kier alpha value is -0.359. The van der Waals surface area contributed by atoms with E-state index in [4.69, 9.17) is 10.2 Å². The SMILES string of the molecule is O=C(O)CC(C(=O)O)c1ccccc1.[Ag].[Ag]. The monoisotopic (exact) mass is 408 g/mol. The van der Waals surface area contributed by atoms with Crippen molar-refractivity contribution < 1.29 is 64.6 Å². The molecule has 6 heteroatoms. The predicted octanol–water partition coefficient (Wildman–Crippen LogP) is 1.32. The number of carboxylic acid groups (broad SMARTS) is 2. The van der Waals surface area contributed by atoms with Crippen LogP contribution >= 0.6 is 0 Å². The minimum Gasteiger partial charge on any atom is -0.481 e. The average Bonchev–Trinajstić information content (AvgIpc) is 2.15. The Morgan fingerprint density at radius 2 is 1.56 bits per heavy atom. The van der Waals surface area contributed by atoms with Gasteiger partial charge >= 0.3 is 11.9 Å². The predicted molar refractivity (Wildman–Crippen MR) is 49.1 cm³/mol. The van der Waals surface area contributed by atoms with Crippen LogP contribution in [0.1, 0.15) is 17.9 Å². The number of rotatable bonds is 4. The maximum absolute atomic E-state index is 10.8. The molecule has 0 spiro atoms. The van der Waals surface area contributed by atoms with Gasteiger partial charge < -0.3 is 10.2 Å². The molecule has 0 aliphatic rings. The van der Waals surface area contributed by atoms with E-state index in [-0.39, 0.29) is 51.2 Å². The van der Waals surface area contributed by atoms with Gasteiger partial charge in [-0.2, -0.15) is 0 Å². The van der Waals surface area contributed by atoms with Crippen molar-refractivity contribution in [2.24, 2.45) is 0 Å². The van der Waals surface area contributed by atoms with Crippen LogP contribution < -0.4 is 0 Å². The molecule has 0 aliphatic carbocycles. The Bertz CT molecular complexity index is 340. The summed E-state index contributed by atoms with van der Waals surface area (Å²) in [5, 5.41) is 17.3. The number of hydrogen-bond donors (Lipinski definition) is 2. The number of benzene rings is 1. The third-order valence-electron chi connectivity index (χ3n) is 1.88. The molecule has 1 atom stereocenters. The number of hydrogen-bond acceptors (Lipinski definition) is 2. The summed E-state index contributed by atoms with van der Waals surface area (Å²) in [6.45, 7) is 0. The van der Waals surface area contributed by atoms with E-state index in [1.165, 1.54) is 0 Å². The summed E-state index contributed by atoms with van der Waals surface area (Å²) in [6, 6.07) is 8.35. The Morgan fingerprint density at radius 3 is 1.94 bits per heavy atom. The van der Waals surface area contributed by atoms with Crippen LogP contribution in [0, 0.1) is 0 Å². The summed E-state index contributed by atoms with van der Waals surface area (Å²) in [7, 11) is 0. The van der Waals surface area contributed by atoms with Crippen molar-refractivity contribution >= 4 is 11.9 Å². The summed E-state index contributed by atoms with van der Waals surface area (Å²) in [4.78, 5) is 21.2. The zero-order valence-corrected chi connectivity index (χ0v) is 10.9. The van der Waals surface area contributed by atoms with Gasteiger partial charge in [0.05, 0.1) is 12.3 Å². The molecular weight excluding hydrogens is 400 g/mol. The molecule has 0 bridgehead atoms. The normalized spacial score (nSPS) is 10.5. The molecule has 0 aliphatic heterocycles. The standard InChI is InChI=1S/C10H10O4.2Ag/c11-9(12)6-8(10(13)14)7-4-2-1-3-5-7;;/h1-5,8H,6H2,(H,11,12)(H,13,14);;. The van der Waals surface area contributed by atoms with E-state index < -0.39 is 17.9 Å². The molecule has 2 radical (unpaired) electrons. The fraction of sp³-hybridized carbons (Fsp3) is 0.200. The first kappa shape index (κ1) is 18.0. The fourth-order valence-corrected chi connectivity index (χ4v) is 1.21. The Balaban J connectivity index is 0. The van der Waals surface area contributed by atoms with Crippen LogP contribution in [0.3, 0.4) is 0 Å². The minimum atomic E-state index is -1.11. The number of aliphatic carboxylic acids is 2. The molecule has 0 heterocycles. The molecule has 2 N–H and O–H groups in total. The molecule has 1 aromatic rings. The van der Waals surface area contributed by atoms with Gasteiger partial charge in [0, 0.05) is 44.8 Å². The summed E-state index contributed by atoms with van der Waals surface area (Å²) < 4.78 is 0. The van der Waals surface area contributed by atoms with Gasteiger partial charge in [0.15, 0.2) is 0 Å². The topological polar surface area (TPSA) is 74.6 Å². The van der Waals surface area contributed by atoms with Gasteiger partial charge in [-0.25, -0.2) is 0 Å². The van der Waals surface area contributed by atoms with Gasteiger partial charge in [0.2, 0.25) is 0 Å². The van der Waals surface area contributed by atoms with E-state index in [0.717, 1.165) is 0 Å². The first-order valence-corrected chi connectivity index (χ1v) is 4.11. The fourth-order valence-electron chi connectivity index (χ4n) is 1.21. The van der Waals surface area contributed by atoms with Crippen LogP contribution in [0.15, 0.2) is 30.3 Å². The molecule has 16 heavy (non-hydrogen) atoms. The molecule has 96 valence electrons. The average molecular weight is 410 g/mol. The second kappa shape index (κ2) is 8.75. The van der Waals surface area contributed by atoms with Crippen molar-refractivity contribution in [1.82, 2.24) is 0 Å². The molecule has 0 saturated heterocycles. The molecule has 0 aromatic heterocycles. The van der Waals surface area contributed by atoms with Gasteiger partial charge in [0.1, 0.15) is 0 Å². The van der Waals surface area contributed by atoms with E-state index in [0.29, 0.717) is 5.56 Å². The van der Waals surface area contributed by atoms with E-state index in [2.05, 4.69) is 0 Å². The molecule has 1 unspecified atom stereocenters. The molecule has 1 aromatic carbocycles. The zero-order valence-electron chi connectivity index (χ0n) is 7.99. The van der Waals surface area contributed by atoms with Crippen LogP contribution in [0.5, 0.6) is 0 Å². The summed E-state index contributed by atoms with van der Waals surface area (Å²) in [6.07, 6.45) is -0.390. The van der Waals surface area contributed by atoms with Crippen LogP contribution in [0.25, 0.3) is 0 Å². The minimum absolute atomic E-state index is 0. The maximum Gasteiger partial charge on any atom is 0.311 e. The molecule has 4 nitrogen and oxygen atoms in total. The van der Waals surface area contributed by atoms with Gasteiger partial charge in [0.25, 0.3) is 0 Å². The smallest absolute Gasteiger partial charge is 0.311 e. The van der Waals surface area contributed by atoms with Crippen molar-refractivity contribution in [1.29, 1.82) is 0 Å². The molecule has 0 fully saturated rings. The summed E-state index contributed by atoms with van der Waals surface area (Å²) in [5.41, 5.74) is 0.516. The van der Waals surface area contributed by atoms with Crippen molar-refractivity contribution in [3.8, 4) is 0 Å². The first-order chi connectivity index (χ1) is 6.61. The quantitative estimate of drug-likeness (QED) is 0.735. The van der Waals surface area contributed by atoms with E-state index >= 15 is 0 Å². The summed E-state index contributed by atoms with van der Waals surface area (Å²) in [5.74, 6) is -3.19. The van der Waals surface area contributed by atoms with Crippen molar-refractivity contribution in [3.63, 3.8) is 0 Å². The van der Waals surface area contributed by atoms with Crippen LogP contribution in [0.2, 0.25) is 0 Å². The van der Waals surface area contributed by atoms with Crippen molar-refractivity contribution in [3.05, 3.63) is 35.9 Å². The van der Waals surface area contributed by atoms with Crippen molar-refractivity contribution in [2.75, 3.05) is 0 Å². The van der Waals surface area contributed by atoms with Crippen LogP contribution in [-0.4, -0.2) is 22.2 Å². The number of carbonyl (C=O) groups is 2. The molecular formula is C10H10Ag2O4. The Kier molecular flexibility index (Phi) is 9.86. The van der Waals surface area contributed by atoms with Gasteiger partial charge in [-0.1, -0.05) is 30.3 Å². The van der Waals surface area contributed by atoms with E-state index in [1.54, 1.807) is 30.3 Å². The molecule has 1 rings (SSSR count). The van der Waals surface area contributed by atoms with Gasteiger partial charge in [-0.15, -0.1) is 0 Å². The third-order valence-corrected chi connectivity index (χ3v) is 1.88. The first-order valence-electron chi connectivity index (χ1n) is 4.11. The van der Waals surface area contributed by atoms with Gasteiger partial charge in [-0.05, 0) is 5.56 Å². The largest absolute Gasteiger partial charge is 0.481 e. The zero-order chi connectivity index (χ0) is 10.6. The maximum atomic E-state index is 10.8. The molecule has 0 amide bonds. The van der Waals surface area contributed by atoms with Crippen molar-refractivity contribution in [2.45, 2.75) is 12.3 Å². The number of carboxylic acids is 2. The Labute approximate surface area is 124 Å².